The number of aryl methyl sites for hydroxylation is 1. The fourth-order valence-electron chi connectivity index (χ4n) is 2.39. The fourth-order valence-corrected chi connectivity index (χ4v) is 2.39. The molecule has 0 spiro atoms. The van der Waals surface area contributed by atoms with Crippen molar-refractivity contribution in [1.82, 2.24) is 0 Å². The predicted octanol–water partition coefficient (Wildman–Crippen LogP) is 3.92. The number of hydrogen-bond donors (Lipinski definition) is 5. The second-order valence-electron chi connectivity index (χ2n) is 5.43. The van der Waals surface area contributed by atoms with E-state index in [1.165, 1.54) is 0 Å². The number of benzene rings is 2. The SMILES string of the molecule is CNc1cc(C)c(C(=O)Nc2ccc(N)c(C(C)=N)c2)cc1N=N. The summed E-state index contributed by atoms with van der Waals surface area (Å²) < 4.78 is 0. The van der Waals surface area contributed by atoms with Gasteiger partial charge in [-0.05, 0) is 49.7 Å². The number of anilines is 3. The van der Waals surface area contributed by atoms with Gasteiger partial charge in [0, 0.05) is 35.3 Å². The number of nitrogens with two attached hydrogens (primary N) is 1. The van der Waals surface area contributed by atoms with Crippen molar-refractivity contribution >= 4 is 34.4 Å². The van der Waals surface area contributed by atoms with E-state index in [0.29, 0.717) is 39.6 Å². The van der Waals surface area contributed by atoms with Crippen LogP contribution in [0.1, 0.15) is 28.4 Å². The summed E-state index contributed by atoms with van der Waals surface area (Å²) in [5.74, 6) is -0.307. The molecule has 0 bridgehead atoms. The molecule has 0 radical (unpaired) electrons. The second kappa shape index (κ2) is 6.91. The minimum absolute atomic E-state index is 0.307. The van der Waals surface area contributed by atoms with Crippen molar-refractivity contribution in [3.05, 3.63) is 47.0 Å². The van der Waals surface area contributed by atoms with Crippen molar-refractivity contribution in [3.8, 4) is 0 Å². The van der Waals surface area contributed by atoms with Crippen LogP contribution in [0.5, 0.6) is 0 Å². The molecule has 24 heavy (non-hydrogen) atoms. The quantitative estimate of drug-likeness (QED) is 0.325. The zero-order valence-electron chi connectivity index (χ0n) is 13.8. The van der Waals surface area contributed by atoms with Crippen LogP contribution in [0.3, 0.4) is 0 Å². The molecule has 124 valence electrons. The van der Waals surface area contributed by atoms with Crippen molar-refractivity contribution in [3.63, 3.8) is 0 Å². The van der Waals surface area contributed by atoms with Gasteiger partial charge in [-0.2, -0.15) is 5.11 Å². The van der Waals surface area contributed by atoms with Crippen LogP contribution < -0.4 is 16.4 Å². The van der Waals surface area contributed by atoms with Gasteiger partial charge in [0.25, 0.3) is 5.91 Å². The van der Waals surface area contributed by atoms with Gasteiger partial charge in [-0.25, -0.2) is 5.53 Å². The van der Waals surface area contributed by atoms with E-state index < -0.39 is 0 Å². The number of nitrogen functional groups attached to an aromatic ring is 1. The van der Waals surface area contributed by atoms with Crippen LogP contribution in [-0.4, -0.2) is 18.7 Å². The second-order valence-corrected chi connectivity index (χ2v) is 5.43. The first kappa shape index (κ1) is 17.1. The van der Waals surface area contributed by atoms with Crippen molar-refractivity contribution in [2.24, 2.45) is 5.11 Å². The minimum atomic E-state index is -0.307. The summed E-state index contributed by atoms with van der Waals surface area (Å²) in [4.78, 5) is 12.5. The highest BCUT2D eigenvalue weighted by Crippen LogP contribution is 2.29. The van der Waals surface area contributed by atoms with Crippen molar-refractivity contribution < 1.29 is 4.79 Å². The van der Waals surface area contributed by atoms with Gasteiger partial charge in [-0.3, -0.25) is 4.79 Å². The molecule has 0 aliphatic heterocycles. The first-order valence-corrected chi connectivity index (χ1v) is 7.33. The number of nitrogens with one attached hydrogen (secondary N) is 4. The highest BCUT2D eigenvalue weighted by Gasteiger charge is 2.14. The molecule has 0 saturated carbocycles. The van der Waals surface area contributed by atoms with Gasteiger partial charge in [0.1, 0.15) is 5.69 Å². The Morgan fingerprint density at radius 1 is 1.21 bits per heavy atom. The summed E-state index contributed by atoms with van der Waals surface area (Å²) >= 11 is 0. The molecular formula is C17H20N6O. The molecule has 7 heteroatoms. The van der Waals surface area contributed by atoms with E-state index >= 15 is 0 Å². The summed E-state index contributed by atoms with van der Waals surface area (Å²) in [6.45, 7) is 3.46. The lowest BCUT2D eigenvalue weighted by Gasteiger charge is -2.13. The maximum Gasteiger partial charge on any atom is 0.256 e. The summed E-state index contributed by atoms with van der Waals surface area (Å²) in [5.41, 5.74) is 17.3. The van der Waals surface area contributed by atoms with Crippen LogP contribution in [0, 0.1) is 17.9 Å². The van der Waals surface area contributed by atoms with Crippen LogP contribution in [-0.2, 0) is 0 Å². The number of hydrogen-bond acceptors (Lipinski definition) is 6. The molecule has 0 aliphatic rings. The average molecular weight is 324 g/mol. The Labute approximate surface area is 140 Å². The molecule has 0 atom stereocenters. The monoisotopic (exact) mass is 324 g/mol. The highest BCUT2D eigenvalue weighted by atomic mass is 16.1. The Balaban J connectivity index is 2.35. The zero-order chi connectivity index (χ0) is 17.9. The Morgan fingerprint density at radius 3 is 2.50 bits per heavy atom. The first-order valence-electron chi connectivity index (χ1n) is 7.33. The number of rotatable bonds is 5. The van der Waals surface area contributed by atoms with Crippen LogP contribution in [0.4, 0.5) is 22.7 Å². The molecule has 0 aliphatic carbocycles. The van der Waals surface area contributed by atoms with Crippen LogP contribution >= 0.6 is 0 Å². The maximum absolute atomic E-state index is 12.5. The average Bonchev–Trinajstić information content (AvgIpc) is 2.55. The van der Waals surface area contributed by atoms with Gasteiger partial charge in [-0.1, -0.05) is 0 Å². The Kier molecular flexibility index (Phi) is 4.93. The number of amides is 1. The molecule has 2 rings (SSSR count). The van der Waals surface area contributed by atoms with Gasteiger partial charge in [-0.15, -0.1) is 0 Å². The first-order chi connectivity index (χ1) is 11.4. The topological polar surface area (TPSA) is 127 Å². The molecule has 1 amide bonds. The summed E-state index contributed by atoms with van der Waals surface area (Å²) in [5, 5.41) is 16.9. The summed E-state index contributed by atoms with van der Waals surface area (Å²) in [6, 6.07) is 8.36. The molecule has 0 fully saturated rings. The van der Waals surface area contributed by atoms with E-state index in [0.717, 1.165) is 5.56 Å². The van der Waals surface area contributed by atoms with Gasteiger partial charge in [0.05, 0.1) is 5.69 Å². The fraction of sp³-hybridized carbons (Fsp3) is 0.176. The number of carbonyl (C=O) groups excluding carboxylic acids is 1. The van der Waals surface area contributed by atoms with Crippen LogP contribution in [0.2, 0.25) is 0 Å². The molecule has 0 unspecified atom stereocenters. The number of nitrogens with zero attached hydrogens (tertiary/aromatic N) is 1. The summed E-state index contributed by atoms with van der Waals surface area (Å²) in [7, 11) is 1.73. The molecule has 0 saturated heterocycles. The normalized spacial score (nSPS) is 10.1. The Bertz CT molecular complexity index is 828. The smallest absolute Gasteiger partial charge is 0.256 e. The van der Waals surface area contributed by atoms with Crippen molar-refractivity contribution in [2.45, 2.75) is 13.8 Å². The summed E-state index contributed by atoms with van der Waals surface area (Å²) in [6.07, 6.45) is 0. The molecule has 0 heterocycles. The van der Waals surface area contributed by atoms with Crippen molar-refractivity contribution in [1.29, 1.82) is 10.9 Å². The van der Waals surface area contributed by atoms with E-state index in [4.69, 9.17) is 16.7 Å². The van der Waals surface area contributed by atoms with Crippen molar-refractivity contribution in [2.75, 3.05) is 23.4 Å². The molecule has 0 aromatic heterocycles. The third kappa shape index (κ3) is 3.40. The maximum atomic E-state index is 12.5. The third-order valence-electron chi connectivity index (χ3n) is 3.69. The standard InChI is InChI=1S/C17H20N6O/c1-9-6-15(21-3)16(23-20)8-12(9)17(24)22-11-4-5-14(19)13(7-11)10(2)18/h4-8,18,20-21H,19H2,1-3H3,(H,22,24). The van der Waals surface area contributed by atoms with E-state index in [1.807, 2.05) is 6.92 Å². The van der Waals surface area contributed by atoms with E-state index in [2.05, 4.69) is 15.7 Å². The van der Waals surface area contributed by atoms with Crippen LogP contribution in [0.15, 0.2) is 35.4 Å². The predicted molar refractivity (Wildman–Crippen MR) is 96.8 cm³/mol. The zero-order valence-corrected chi connectivity index (χ0v) is 13.8. The van der Waals surface area contributed by atoms with Gasteiger partial charge in [0.15, 0.2) is 0 Å². The lowest BCUT2D eigenvalue weighted by atomic mass is 10.0. The van der Waals surface area contributed by atoms with Crippen LogP contribution in [0.25, 0.3) is 0 Å². The molecule has 6 N–H and O–H groups in total. The van der Waals surface area contributed by atoms with E-state index in [-0.39, 0.29) is 5.91 Å². The minimum Gasteiger partial charge on any atom is -0.398 e. The molecule has 7 nitrogen and oxygen atoms in total. The number of carbonyl (C=O) groups is 1. The molecule has 2 aromatic rings. The highest BCUT2D eigenvalue weighted by molar-refractivity contribution is 6.08. The van der Waals surface area contributed by atoms with Gasteiger partial charge in [0.2, 0.25) is 0 Å². The van der Waals surface area contributed by atoms with E-state index in [9.17, 15) is 4.79 Å². The Hall–Kier alpha value is -3.22. The molecular weight excluding hydrogens is 304 g/mol. The third-order valence-corrected chi connectivity index (χ3v) is 3.69. The van der Waals surface area contributed by atoms with E-state index in [1.54, 1.807) is 44.3 Å². The lowest BCUT2D eigenvalue weighted by Crippen LogP contribution is -2.14. The largest absolute Gasteiger partial charge is 0.398 e. The van der Waals surface area contributed by atoms with Gasteiger partial charge < -0.3 is 21.8 Å². The Morgan fingerprint density at radius 2 is 1.92 bits per heavy atom. The van der Waals surface area contributed by atoms with Gasteiger partial charge >= 0.3 is 0 Å². The lowest BCUT2D eigenvalue weighted by molar-refractivity contribution is 0.102. The molecule has 2 aromatic carbocycles.